The molecule has 2 N–H and O–H groups in total. The molecule has 0 radical (unpaired) electrons. The fourth-order valence-corrected chi connectivity index (χ4v) is 4.05. The highest BCUT2D eigenvalue weighted by Crippen LogP contribution is 2.21. The third kappa shape index (κ3) is 4.85. The van der Waals surface area contributed by atoms with Crippen LogP contribution in [0.1, 0.15) is 57.8 Å². The molecule has 136 valence electrons. The summed E-state index contributed by atoms with van der Waals surface area (Å²) >= 11 is 0. The largest absolute Gasteiger partial charge is 0.381 e. The second-order valence-corrected chi connectivity index (χ2v) is 7.46. The molecule has 3 fully saturated rings. The molecule has 1 atom stereocenters. The summed E-state index contributed by atoms with van der Waals surface area (Å²) in [4.78, 5) is 26.8. The second-order valence-electron chi connectivity index (χ2n) is 7.46. The Balaban J connectivity index is 1.45. The van der Waals surface area contributed by atoms with Gasteiger partial charge in [0.15, 0.2) is 0 Å². The van der Waals surface area contributed by atoms with Gasteiger partial charge in [0.1, 0.15) is 0 Å². The lowest BCUT2D eigenvalue weighted by Gasteiger charge is -2.35. The molecule has 0 unspecified atom stereocenters. The van der Waals surface area contributed by atoms with Crippen molar-refractivity contribution in [1.29, 1.82) is 0 Å². The standard InChI is InChI=1S/C18H31N3O3/c22-17(19-15-6-2-1-3-7-15)14-5-4-10-21(13-14)18(23)20-16-8-11-24-12-9-16/h14-16H,1-13H2,(H,19,22)(H,20,23)/t14-/m0/s1. The molecule has 2 heterocycles. The molecular formula is C18H31N3O3. The highest BCUT2D eigenvalue weighted by Gasteiger charge is 2.30. The zero-order valence-electron chi connectivity index (χ0n) is 14.6. The molecule has 0 bridgehead atoms. The van der Waals surface area contributed by atoms with Crippen LogP contribution in [-0.2, 0) is 9.53 Å². The van der Waals surface area contributed by atoms with E-state index in [0.29, 0.717) is 12.6 Å². The van der Waals surface area contributed by atoms with Gasteiger partial charge in [-0.15, -0.1) is 0 Å². The molecule has 2 saturated heterocycles. The van der Waals surface area contributed by atoms with E-state index in [2.05, 4.69) is 10.6 Å². The quantitative estimate of drug-likeness (QED) is 0.828. The molecular weight excluding hydrogens is 306 g/mol. The van der Waals surface area contributed by atoms with Crippen molar-refractivity contribution >= 4 is 11.9 Å². The van der Waals surface area contributed by atoms with Crippen molar-refractivity contribution in [3.63, 3.8) is 0 Å². The first-order valence-corrected chi connectivity index (χ1v) is 9.66. The lowest BCUT2D eigenvalue weighted by Crippen LogP contribution is -2.52. The fourth-order valence-electron chi connectivity index (χ4n) is 4.05. The van der Waals surface area contributed by atoms with Crippen molar-refractivity contribution in [2.45, 2.75) is 69.9 Å². The van der Waals surface area contributed by atoms with Crippen molar-refractivity contribution in [3.05, 3.63) is 0 Å². The van der Waals surface area contributed by atoms with E-state index in [1.807, 2.05) is 4.90 Å². The monoisotopic (exact) mass is 337 g/mol. The summed E-state index contributed by atoms with van der Waals surface area (Å²) in [5.74, 6) is 0.0894. The molecule has 0 aromatic carbocycles. The van der Waals surface area contributed by atoms with E-state index in [9.17, 15) is 9.59 Å². The molecule has 3 aliphatic rings. The first kappa shape index (κ1) is 17.5. The molecule has 0 aromatic heterocycles. The molecule has 1 aliphatic carbocycles. The molecule has 0 aromatic rings. The topological polar surface area (TPSA) is 70.7 Å². The Morgan fingerprint density at radius 1 is 0.833 bits per heavy atom. The first-order chi connectivity index (χ1) is 11.7. The van der Waals surface area contributed by atoms with E-state index in [4.69, 9.17) is 4.74 Å². The number of amides is 3. The molecule has 3 amide bonds. The Morgan fingerprint density at radius 2 is 1.54 bits per heavy atom. The number of carbonyl (C=O) groups excluding carboxylic acids is 2. The number of hydrogen-bond donors (Lipinski definition) is 2. The van der Waals surface area contributed by atoms with Gasteiger partial charge in [0.2, 0.25) is 5.91 Å². The zero-order valence-corrected chi connectivity index (χ0v) is 14.6. The summed E-state index contributed by atoms with van der Waals surface area (Å²) in [6.45, 7) is 2.74. The summed E-state index contributed by atoms with van der Waals surface area (Å²) in [6.07, 6.45) is 9.49. The van der Waals surface area contributed by atoms with E-state index < -0.39 is 0 Å². The highest BCUT2D eigenvalue weighted by molar-refractivity contribution is 5.81. The normalized spacial score (nSPS) is 26.8. The van der Waals surface area contributed by atoms with E-state index in [1.165, 1.54) is 19.3 Å². The maximum absolute atomic E-state index is 12.5. The van der Waals surface area contributed by atoms with Gasteiger partial charge in [0.05, 0.1) is 5.92 Å². The summed E-state index contributed by atoms with van der Waals surface area (Å²) in [5, 5.41) is 6.32. The fraction of sp³-hybridized carbons (Fsp3) is 0.889. The smallest absolute Gasteiger partial charge is 0.317 e. The highest BCUT2D eigenvalue weighted by atomic mass is 16.5. The van der Waals surface area contributed by atoms with Crippen LogP contribution in [0.4, 0.5) is 4.79 Å². The molecule has 0 spiro atoms. The van der Waals surface area contributed by atoms with E-state index in [0.717, 1.165) is 58.3 Å². The van der Waals surface area contributed by atoms with Gasteiger partial charge in [0, 0.05) is 38.4 Å². The maximum atomic E-state index is 12.5. The van der Waals surface area contributed by atoms with Gasteiger partial charge >= 0.3 is 6.03 Å². The predicted octanol–water partition coefficient (Wildman–Crippen LogP) is 2.04. The number of rotatable bonds is 3. The number of carbonyl (C=O) groups is 2. The van der Waals surface area contributed by atoms with Gasteiger partial charge in [-0.05, 0) is 38.5 Å². The van der Waals surface area contributed by atoms with E-state index >= 15 is 0 Å². The Morgan fingerprint density at radius 3 is 2.29 bits per heavy atom. The lowest BCUT2D eigenvalue weighted by molar-refractivity contribution is -0.127. The number of nitrogens with one attached hydrogen (secondary N) is 2. The van der Waals surface area contributed by atoms with Gasteiger partial charge < -0.3 is 20.3 Å². The van der Waals surface area contributed by atoms with Crippen molar-refractivity contribution in [2.24, 2.45) is 5.92 Å². The zero-order chi connectivity index (χ0) is 16.8. The van der Waals surface area contributed by atoms with Crippen LogP contribution < -0.4 is 10.6 Å². The van der Waals surface area contributed by atoms with Gasteiger partial charge in [-0.25, -0.2) is 4.79 Å². The van der Waals surface area contributed by atoms with Crippen LogP contribution in [0.2, 0.25) is 0 Å². The van der Waals surface area contributed by atoms with Gasteiger partial charge in [-0.3, -0.25) is 4.79 Å². The van der Waals surface area contributed by atoms with Crippen LogP contribution >= 0.6 is 0 Å². The molecule has 2 aliphatic heterocycles. The third-order valence-corrected chi connectivity index (χ3v) is 5.58. The van der Waals surface area contributed by atoms with Gasteiger partial charge in [-0.1, -0.05) is 19.3 Å². The van der Waals surface area contributed by atoms with Crippen molar-refractivity contribution < 1.29 is 14.3 Å². The maximum Gasteiger partial charge on any atom is 0.317 e. The molecule has 24 heavy (non-hydrogen) atoms. The van der Waals surface area contributed by atoms with Crippen LogP contribution in [0.15, 0.2) is 0 Å². The molecule has 6 nitrogen and oxygen atoms in total. The number of urea groups is 1. The minimum Gasteiger partial charge on any atom is -0.381 e. The van der Waals surface area contributed by atoms with Crippen molar-refractivity contribution in [2.75, 3.05) is 26.3 Å². The van der Waals surface area contributed by atoms with E-state index in [1.54, 1.807) is 0 Å². The molecule has 6 heteroatoms. The van der Waals surface area contributed by atoms with Crippen LogP contribution in [0.3, 0.4) is 0 Å². The minimum absolute atomic E-state index is 0.0166. The van der Waals surface area contributed by atoms with E-state index in [-0.39, 0.29) is 23.9 Å². The van der Waals surface area contributed by atoms with Gasteiger partial charge in [0.25, 0.3) is 0 Å². The summed E-state index contributed by atoms with van der Waals surface area (Å²) in [5.41, 5.74) is 0. The summed E-state index contributed by atoms with van der Waals surface area (Å²) in [7, 11) is 0. The molecule has 1 saturated carbocycles. The molecule has 3 rings (SSSR count). The van der Waals surface area contributed by atoms with Crippen molar-refractivity contribution in [3.8, 4) is 0 Å². The van der Waals surface area contributed by atoms with Gasteiger partial charge in [-0.2, -0.15) is 0 Å². The Kier molecular flexibility index (Phi) is 6.35. The van der Waals surface area contributed by atoms with Crippen LogP contribution in [0.25, 0.3) is 0 Å². The second kappa shape index (κ2) is 8.70. The first-order valence-electron chi connectivity index (χ1n) is 9.66. The number of hydrogen-bond acceptors (Lipinski definition) is 3. The van der Waals surface area contributed by atoms with Crippen LogP contribution in [0, 0.1) is 5.92 Å². The van der Waals surface area contributed by atoms with Crippen molar-refractivity contribution in [1.82, 2.24) is 15.5 Å². The summed E-state index contributed by atoms with van der Waals surface area (Å²) < 4.78 is 5.33. The minimum atomic E-state index is -0.0545. The lowest BCUT2D eigenvalue weighted by atomic mass is 9.93. The number of likely N-dealkylation sites (tertiary alicyclic amines) is 1. The predicted molar refractivity (Wildman–Crippen MR) is 91.7 cm³/mol. The third-order valence-electron chi connectivity index (χ3n) is 5.58. The Hall–Kier alpha value is -1.30. The average molecular weight is 337 g/mol. The SMILES string of the molecule is O=C(NC1CCCCC1)[C@H]1CCCN(C(=O)NC2CCOCC2)C1. The number of nitrogens with zero attached hydrogens (tertiary/aromatic N) is 1. The van der Waals surface area contributed by atoms with Crippen LogP contribution in [0.5, 0.6) is 0 Å². The average Bonchev–Trinajstić information content (AvgIpc) is 2.63. The Bertz CT molecular complexity index is 393. The Labute approximate surface area is 144 Å². The van der Waals surface area contributed by atoms with Crippen LogP contribution in [-0.4, -0.2) is 55.2 Å². The number of ether oxygens (including phenoxy) is 1. The summed E-state index contributed by atoms with van der Waals surface area (Å²) in [6, 6.07) is 0.539. The number of piperidine rings is 1.